The first-order valence-electron chi connectivity index (χ1n) is 10.5. The van der Waals surface area contributed by atoms with Gasteiger partial charge in [-0.3, -0.25) is 4.79 Å². The van der Waals surface area contributed by atoms with Crippen molar-refractivity contribution < 1.29 is 15.0 Å². The molecule has 0 unspecified atom stereocenters. The van der Waals surface area contributed by atoms with Crippen LogP contribution in [0.1, 0.15) is 49.8 Å². The van der Waals surface area contributed by atoms with Crippen molar-refractivity contribution >= 4 is 12.0 Å². The molecule has 1 aliphatic heterocycles. The van der Waals surface area contributed by atoms with E-state index in [2.05, 4.69) is 0 Å². The van der Waals surface area contributed by atoms with Crippen molar-refractivity contribution in [1.29, 1.82) is 0 Å². The van der Waals surface area contributed by atoms with E-state index in [1.165, 1.54) is 0 Å². The molecule has 1 saturated heterocycles. The fourth-order valence-electron chi connectivity index (χ4n) is 5.17. The summed E-state index contributed by atoms with van der Waals surface area (Å²) < 4.78 is 0. The van der Waals surface area contributed by atoms with Gasteiger partial charge in [0.15, 0.2) is 0 Å². The molecule has 0 spiro atoms. The van der Waals surface area contributed by atoms with E-state index < -0.39 is 17.6 Å². The molecule has 2 aromatic carbocycles. The second-order valence-corrected chi connectivity index (χ2v) is 8.58. The molecule has 1 aliphatic carbocycles. The van der Waals surface area contributed by atoms with Gasteiger partial charge in [-0.2, -0.15) is 0 Å². The highest BCUT2D eigenvalue weighted by atomic mass is 16.3. The van der Waals surface area contributed by atoms with Gasteiger partial charge in [0, 0.05) is 17.5 Å². The van der Waals surface area contributed by atoms with Crippen LogP contribution < -0.4 is 0 Å². The first-order chi connectivity index (χ1) is 14.0. The van der Waals surface area contributed by atoms with Gasteiger partial charge in [-0.25, -0.2) is 0 Å². The predicted molar refractivity (Wildman–Crippen MR) is 114 cm³/mol. The number of aliphatic hydroxyl groups excluding tert-OH is 2. The fraction of sp³-hybridized carbons (Fsp3) is 0.400. The first kappa shape index (κ1) is 19.9. The average molecular weight is 392 g/mol. The van der Waals surface area contributed by atoms with Crippen LogP contribution >= 0.6 is 0 Å². The topological polar surface area (TPSA) is 60.8 Å². The van der Waals surface area contributed by atoms with Crippen LogP contribution in [0.2, 0.25) is 0 Å². The summed E-state index contributed by atoms with van der Waals surface area (Å²) in [5.41, 5.74) is 1.52. The molecule has 152 valence electrons. The van der Waals surface area contributed by atoms with Crippen molar-refractivity contribution in [3.63, 3.8) is 0 Å². The number of aliphatic hydroxyl groups is 2. The van der Waals surface area contributed by atoms with E-state index in [-0.39, 0.29) is 18.0 Å². The number of nitrogens with zero attached hydrogens (tertiary/aromatic N) is 1. The Morgan fingerprint density at radius 3 is 2.38 bits per heavy atom. The number of amides is 1. The summed E-state index contributed by atoms with van der Waals surface area (Å²) in [6.45, 7) is 2.03. The molecule has 4 nitrogen and oxygen atoms in total. The third-order valence-corrected chi connectivity index (χ3v) is 6.74. The molecule has 4 heteroatoms. The highest BCUT2D eigenvalue weighted by molar-refractivity contribution is 5.92. The van der Waals surface area contributed by atoms with Gasteiger partial charge in [0.05, 0.1) is 18.2 Å². The Balaban J connectivity index is 1.70. The number of carbonyl (C=O) groups excluding carboxylic acids is 1. The zero-order valence-electron chi connectivity index (χ0n) is 16.8. The molecule has 0 aromatic heterocycles. The Labute approximate surface area is 172 Å². The molecule has 4 rings (SSSR count). The summed E-state index contributed by atoms with van der Waals surface area (Å²) in [7, 11) is 0. The van der Waals surface area contributed by atoms with Crippen LogP contribution in [0.3, 0.4) is 0 Å². The van der Waals surface area contributed by atoms with E-state index in [1.54, 1.807) is 6.08 Å². The molecule has 1 amide bonds. The predicted octanol–water partition coefficient (Wildman–Crippen LogP) is 3.95. The molecule has 2 N–H and O–H groups in total. The third-order valence-electron chi connectivity index (χ3n) is 6.74. The van der Waals surface area contributed by atoms with Crippen LogP contribution in [-0.2, 0) is 4.79 Å². The van der Waals surface area contributed by atoms with E-state index in [4.69, 9.17) is 0 Å². The maximum atomic E-state index is 13.4. The SMILES string of the molecule is C[C@@]12C[C@H](c3ccccc3)N(C(=O)/C=C/c3ccccc3)[C@@H]1CCC[C@@H](O)[C@@H]2O. The van der Waals surface area contributed by atoms with E-state index in [0.29, 0.717) is 12.8 Å². The van der Waals surface area contributed by atoms with Crippen molar-refractivity contribution in [2.24, 2.45) is 5.41 Å². The summed E-state index contributed by atoms with van der Waals surface area (Å²) in [5.74, 6) is -0.0416. The van der Waals surface area contributed by atoms with Crippen molar-refractivity contribution in [1.82, 2.24) is 4.90 Å². The molecule has 1 saturated carbocycles. The minimum absolute atomic E-state index is 0.0416. The van der Waals surface area contributed by atoms with Gasteiger partial charge < -0.3 is 15.1 Å². The number of fused-ring (bicyclic) bond motifs is 1. The lowest BCUT2D eigenvalue weighted by molar-refractivity contribution is -0.131. The molecule has 29 heavy (non-hydrogen) atoms. The Hall–Kier alpha value is -2.43. The van der Waals surface area contributed by atoms with Gasteiger partial charge in [0.25, 0.3) is 0 Å². The zero-order chi connectivity index (χ0) is 20.4. The quantitative estimate of drug-likeness (QED) is 0.779. The summed E-state index contributed by atoms with van der Waals surface area (Å²) >= 11 is 0. The number of rotatable bonds is 3. The minimum Gasteiger partial charge on any atom is -0.390 e. The van der Waals surface area contributed by atoms with E-state index in [1.807, 2.05) is 78.6 Å². The van der Waals surface area contributed by atoms with Crippen LogP contribution in [0.4, 0.5) is 0 Å². The highest BCUT2D eigenvalue weighted by Crippen LogP contribution is 2.53. The standard InChI is InChI=1S/C25H29NO3/c1-25-17-20(19-11-6-3-7-12-19)26(22(25)14-8-13-21(27)24(25)29)23(28)16-15-18-9-4-2-5-10-18/h2-7,9-12,15-16,20-22,24,27,29H,8,13-14,17H2,1H3/b16-15+/t20-,21-,22-,24+,25-/m1/s1. The van der Waals surface area contributed by atoms with Crippen LogP contribution in [0.15, 0.2) is 66.7 Å². The third kappa shape index (κ3) is 3.75. The van der Waals surface area contributed by atoms with Crippen LogP contribution in [0.25, 0.3) is 6.08 Å². The molecular weight excluding hydrogens is 362 g/mol. The molecule has 2 fully saturated rings. The lowest BCUT2D eigenvalue weighted by Gasteiger charge is -2.38. The number of benzene rings is 2. The Bertz CT molecular complexity index is 866. The number of carbonyl (C=O) groups is 1. The van der Waals surface area contributed by atoms with Gasteiger partial charge in [0.2, 0.25) is 5.91 Å². The van der Waals surface area contributed by atoms with Crippen molar-refractivity contribution in [2.45, 2.75) is 56.9 Å². The van der Waals surface area contributed by atoms with Gasteiger partial charge in [-0.15, -0.1) is 0 Å². The summed E-state index contributed by atoms with van der Waals surface area (Å²) in [6, 6.07) is 19.6. The molecule has 0 radical (unpaired) electrons. The molecular formula is C25H29NO3. The van der Waals surface area contributed by atoms with Crippen LogP contribution in [0, 0.1) is 5.41 Å². The Morgan fingerprint density at radius 2 is 1.69 bits per heavy atom. The van der Waals surface area contributed by atoms with Crippen LogP contribution in [0.5, 0.6) is 0 Å². The number of hydrogen-bond acceptors (Lipinski definition) is 3. The second-order valence-electron chi connectivity index (χ2n) is 8.58. The van der Waals surface area contributed by atoms with Gasteiger partial charge in [-0.05, 0) is 42.9 Å². The first-order valence-corrected chi connectivity index (χ1v) is 10.5. The summed E-state index contributed by atoms with van der Waals surface area (Å²) in [4.78, 5) is 15.3. The number of hydrogen-bond donors (Lipinski definition) is 2. The summed E-state index contributed by atoms with van der Waals surface area (Å²) in [5, 5.41) is 21.4. The zero-order valence-corrected chi connectivity index (χ0v) is 16.8. The maximum Gasteiger partial charge on any atom is 0.247 e. The fourth-order valence-corrected chi connectivity index (χ4v) is 5.17. The normalized spacial score (nSPS) is 32.2. The van der Waals surface area contributed by atoms with Crippen LogP contribution in [-0.4, -0.2) is 39.3 Å². The molecule has 2 aromatic rings. The lowest BCUT2D eigenvalue weighted by Crippen LogP contribution is -2.48. The molecule has 2 aliphatic rings. The highest BCUT2D eigenvalue weighted by Gasteiger charge is 2.56. The summed E-state index contributed by atoms with van der Waals surface area (Å²) in [6.07, 6.45) is 4.72. The van der Waals surface area contributed by atoms with Crippen molar-refractivity contribution in [2.75, 3.05) is 0 Å². The Morgan fingerprint density at radius 1 is 1.03 bits per heavy atom. The van der Waals surface area contributed by atoms with Gasteiger partial charge >= 0.3 is 0 Å². The number of likely N-dealkylation sites (tertiary alicyclic amines) is 1. The lowest BCUT2D eigenvalue weighted by atomic mass is 9.74. The van der Waals surface area contributed by atoms with E-state index >= 15 is 0 Å². The smallest absolute Gasteiger partial charge is 0.247 e. The van der Waals surface area contributed by atoms with Crippen molar-refractivity contribution in [3.8, 4) is 0 Å². The molecule has 5 atom stereocenters. The van der Waals surface area contributed by atoms with Gasteiger partial charge in [-0.1, -0.05) is 67.6 Å². The minimum atomic E-state index is -0.836. The van der Waals surface area contributed by atoms with Gasteiger partial charge in [0.1, 0.15) is 0 Å². The van der Waals surface area contributed by atoms with E-state index in [9.17, 15) is 15.0 Å². The second kappa shape index (κ2) is 8.13. The largest absolute Gasteiger partial charge is 0.390 e. The molecule has 1 heterocycles. The van der Waals surface area contributed by atoms with Crippen molar-refractivity contribution in [3.05, 3.63) is 77.9 Å². The maximum absolute atomic E-state index is 13.4. The molecule has 0 bridgehead atoms. The Kier molecular flexibility index (Phi) is 5.57. The van der Waals surface area contributed by atoms with E-state index in [0.717, 1.165) is 24.0 Å². The monoisotopic (exact) mass is 391 g/mol. The average Bonchev–Trinajstić information content (AvgIpc) is 3.01.